The van der Waals surface area contributed by atoms with Gasteiger partial charge in [0.25, 0.3) is 11.8 Å². The molecule has 1 fully saturated rings. The Morgan fingerprint density at radius 1 is 0.933 bits per heavy atom. The van der Waals surface area contributed by atoms with Gasteiger partial charge in [0.15, 0.2) is 0 Å². The number of nitrogens with zero attached hydrogens (tertiary/aromatic N) is 1. The smallest absolute Gasteiger partial charge is 0.255 e. The third kappa shape index (κ3) is 6.17. The maximum Gasteiger partial charge on any atom is 0.255 e. The molecule has 0 bridgehead atoms. The molecule has 0 aliphatic carbocycles. The third-order valence-corrected chi connectivity index (χ3v) is 5.73. The predicted molar refractivity (Wildman–Crippen MR) is 122 cm³/mol. The van der Waals surface area contributed by atoms with Crippen LogP contribution >= 0.6 is 0 Å². The molecule has 160 valence electrons. The Hall–Kier alpha value is -2.66. The number of para-hydroxylation sites is 1. The molecule has 5 heteroatoms. The van der Waals surface area contributed by atoms with E-state index in [0.717, 1.165) is 26.1 Å². The van der Waals surface area contributed by atoms with Gasteiger partial charge in [0, 0.05) is 18.2 Å². The van der Waals surface area contributed by atoms with Crippen molar-refractivity contribution in [1.29, 1.82) is 0 Å². The molecule has 2 aromatic rings. The monoisotopic (exact) mass is 407 g/mol. The van der Waals surface area contributed by atoms with E-state index in [4.69, 9.17) is 0 Å². The number of carbonyl (C=O) groups excluding carboxylic acids is 2. The first-order valence-corrected chi connectivity index (χ1v) is 11.1. The van der Waals surface area contributed by atoms with Crippen LogP contribution in [0.5, 0.6) is 0 Å². The van der Waals surface area contributed by atoms with Gasteiger partial charge in [0.2, 0.25) is 0 Å². The number of benzene rings is 2. The number of amides is 2. The third-order valence-electron chi connectivity index (χ3n) is 5.73. The Labute approximate surface area is 179 Å². The normalized spacial score (nSPS) is 15.8. The SMILES string of the molecule is CC[C@H](C)NC(=O)c1ccccc1NC(=O)c1ccc(CN2CCCCCC2)cc1. The van der Waals surface area contributed by atoms with Crippen LogP contribution in [-0.4, -0.2) is 35.8 Å². The Bertz CT molecular complexity index is 840. The van der Waals surface area contributed by atoms with Crippen molar-refractivity contribution in [2.24, 2.45) is 0 Å². The van der Waals surface area contributed by atoms with Crippen molar-refractivity contribution in [3.05, 3.63) is 65.2 Å². The standard InChI is InChI=1S/C25H33N3O2/c1-3-19(2)26-25(30)22-10-6-7-11-23(22)27-24(29)21-14-12-20(13-15-21)18-28-16-8-4-5-9-17-28/h6-7,10-15,19H,3-5,8-9,16-18H2,1-2H3,(H,26,30)(H,27,29)/t19-/m0/s1. The van der Waals surface area contributed by atoms with Crippen LogP contribution < -0.4 is 10.6 Å². The number of nitrogens with one attached hydrogen (secondary N) is 2. The van der Waals surface area contributed by atoms with E-state index in [1.54, 1.807) is 18.2 Å². The van der Waals surface area contributed by atoms with Crippen molar-refractivity contribution < 1.29 is 9.59 Å². The van der Waals surface area contributed by atoms with Crippen molar-refractivity contribution in [3.8, 4) is 0 Å². The molecule has 0 radical (unpaired) electrons. The first-order valence-electron chi connectivity index (χ1n) is 11.1. The van der Waals surface area contributed by atoms with Crippen LogP contribution in [0.25, 0.3) is 0 Å². The van der Waals surface area contributed by atoms with E-state index in [1.807, 2.05) is 44.2 Å². The average Bonchev–Trinajstić information content (AvgIpc) is 3.03. The molecule has 30 heavy (non-hydrogen) atoms. The quantitative estimate of drug-likeness (QED) is 0.690. The lowest BCUT2D eigenvalue weighted by Crippen LogP contribution is -2.32. The van der Waals surface area contributed by atoms with Crippen molar-refractivity contribution >= 4 is 17.5 Å². The van der Waals surface area contributed by atoms with Crippen molar-refractivity contribution in [2.75, 3.05) is 18.4 Å². The van der Waals surface area contributed by atoms with E-state index >= 15 is 0 Å². The first-order chi connectivity index (χ1) is 14.6. The lowest BCUT2D eigenvalue weighted by Gasteiger charge is -2.19. The van der Waals surface area contributed by atoms with Crippen LogP contribution in [0.15, 0.2) is 48.5 Å². The predicted octanol–water partition coefficient (Wildman–Crippen LogP) is 4.84. The van der Waals surface area contributed by atoms with Crippen LogP contribution in [0.1, 0.15) is 72.2 Å². The molecule has 1 aliphatic rings. The highest BCUT2D eigenvalue weighted by Crippen LogP contribution is 2.18. The second kappa shape index (κ2) is 10.9. The summed E-state index contributed by atoms with van der Waals surface area (Å²) in [6, 6.07) is 15.0. The van der Waals surface area contributed by atoms with Crippen LogP contribution in [0, 0.1) is 0 Å². The minimum Gasteiger partial charge on any atom is -0.350 e. The summed E-state index contributed by atoms with van der Waals surface area (Å²) < 4.78 is 0. The van der Waals surface area contributed by atoms with Crippen LogP contribution in [0.3, 0.4) is 0 Å². The van der Waals surface area contributed by atoms with Gasteiger partial charge in [0.1, 0.15) is 0 Å². The summed E-state index contributed by atoms with van der Waals surface area (Å²) in [6.45, 7) is 7.22. The van der Waals surface area contributed by atoms with Gasteiger partial charge in [-0.05, 0) is 69.1 Å². The highest BCUT2D eigenvalue weighted by molar-refractivity contribution is 6.09. The van der Waals surface area contributed by atoms with Gasteiger partial charge in [-0.3, -0.25) is 14.5 Å². The number of hydrogen-bond donors (Lipinski definition) is 2. The lowest BCUT2D eigenvalue weighted by molar-refractivity contribution is 0.0940. The maximum absolute atomic E-state index is 12.8. The maximum atomic E-state index is 12.8. The lowest BCUT2D eigenvalue weighted by atomic mass is 10.1. The molecule has 2 aromatic carbocycles. The summed E-state index contributed by atoms with van der Waals surface area (Å²) in [5.41, 5.74) is 2.81. The van der Waals surface area contributed by atoms with Gasteiger partial charge in [-0.15, -0.1) is 0 Å². The fraction of sp³-hybridized carbons (Fsp3) is 0.440. The Kier molecular flexibility index (Phi) is 8.03. The minimum absolute atomic E-state index is 0.0815. The largest absolute Gasteiger partial charge is 0.350 e. The molecule has 0 unspecified atom stereocenters. The summed E-state index contributed by atoms with van der Waals surface area (Å²) in [6.07, 6.45) is 6.04. The molecule has 0 aromatic heterocycles. The zero-order chi connectivity index (χ0) is 21.3. The van der Waals surface area contributed by atoms with E-state index in [2.05, 4.69) is 15.5 Å². The van der Waals surface area contributed by atoms with Crippen molar-refractivity contribution in [3.63, 3.8) is 0 Å². The number of likely N-dealkylation sites (tertiary alicyclic amines) is 1. The molecule has 1 heterocycles. The highest BCUT2D eigenvalue weighted by Gasteiger charge is 2.16. The van der Waals surface area contributed by atoms with Gasteiger partial charge in [-0.25, -0.2) is 0 Å². The second-order valence-corrected chi connectivity index (χ2v) is 8.17. The number of rotatable bonds is 7. The van der Waals surface area contributed by atoms with Gasteiger partial charge in [-0.1, -0.05) is 44.0 Å². The zero-order valence-electron chi connectivity index (χ0n) is 18.1. The molecule has 1 saturated heterocycles. The van der Waals surface area contributed by atoms with E-state index < -0.39 is 0 Å². The zero-order valence-corrected chi connectivity index (χ0v) is 18.1. The summed E-state index contributed by atoms with van der Waals surface area (Å²) in [7, 11) is 0. The van der Waals surface area contributed by atoms with Crippen molar-refractivity contribution in [1.82, 2.24) is 10.2 Å². The van der Waals surface area contributed by atoms with Crippen LogP contribution in [0.2, 0.25) is 0 Å². The second-order valence-electron chi connectivity index (χ2n) is 8.17. The number of hydrogen-bond acceptors (Lipinski definition) is 3. The van der Waals surface area contributed by atoms with E-state index in [1.165, 1.54) is 31.2 Å². The van der Waals surface area contributed by atoms with Crippen LogP contribution in [0.4, 0.5) is 5.69 Å². The Morgan fingerprint density at radius 3 is 2.27 bits per heavy atom. The van der Waals surface area contributed by atoms with Gasteiger partial charge < -0.3 is 10.6 Å². The molecule has 0 spiro atoms. The molecule has 2 N–H and O–H groups in total. The Balaban J connectivity index is 1.64. The molecular formula is C25H33N3O2. The average molecular weight is 408 g/mol. The van der Waals surface area contributed by atoms with Gasteiger partial charge in [0.05, 0.1) is 11.3 Å². The Morgan fingerprint density at radius 2 is 1.60 bits per heavy atom. The topological polar surface area (TPSA) is 61.4 Å². The van der Waals surface area contributed by atoms with E-state index in [0.29, 0.717) is 16.8 Å². The van der Waals surface area contributed by atoms with Crippen LogP contribution in [-0.2, 0) is 6.54 Å². The highest BCUT2D eigenvalue weighted by atomic mass is 16.2. The summed E-state index contributed by atoms with van der Waals surface area (Å²) in [4.78, 5) is 27.8. The molecule has 3 rings (SSSR count). The summed E-state index contributed by atoms with van der Waals surface area (Å²) in [5.74, 6) is -0.381. The minimum atomic E-state index is -0.208. The fourth-order valence-electron chi connectivity index (χ4n) is 3.70. The van der Waals surface area contributed by atoms with E-state index in [-0.39, 0.29) is 17.9 Å². The summed E-state index contributed by atoms with van der Waals surface area (Å²) in [5, 5.41) is 5.85. The van der Waals surface area contributed by atoms with Crippen molar-refractivity contribution in [2.45, 2.75) is 58.5 Å². The van der Waals surface area contributed by atoms with Gasteiger partial charge in [-0.2, -0.15) is 0 Å². The van der Waals surface area contributed by atoms with E-state index in [9.17, 15) is 9.59 Å². The molecule has 1 atom stereocenters. The van der Waals surface area contributed by atoms with Gasteiger partial charge >= 0.3 is 0 Å². The number of carbonyl (C=O) groups is 2. The molecule has 1 aliphatic heterocycles. The molecule has 2 amide bonds. The molecular weight excluding hydrogens is 374 g/mol. The fourth-order valence-corrected chi connectivity index (χ4v) is 3.70. The first kappa shape index (κ1) is 22.0. The summed E-state index contributed by atoms with van der Waals surface area (Å²) >= 11 is 0. The number of anilines is 1. The molecule has 5 nitrogen and oxygen atoms in total. The molecule has 0 saturated carbocycles.